The van der Waals surface area contributed by atoms with Gasteiger partial charge in [0.05, 0.1) is 6.54 Å². The fourth-order valence-corrected chi connectivity index (χ4v) is 3.31. The SMILES string of the molecule is O=C(CN1CCN(c2ccccc2)CC1)NCc1ccc2c(c1)OCO2. The lowest BCUT2D eigenvalue weighted by molar-refractivity contribution is -0.122. The molecule has 136 valence electrons. The topological polar surface area (TPSA) is 54.0 Å². The van der Waals surface area contributed by atoms with Crippen molar-refractivity contribution in [3.8, 4) is 11.5 Å². The molecular weight excluding hydrogens is 330 g/mol. The molecule has 0 bridgehead atoms. The van der Waals surface area contributed by atoms with Crippen LogP contribution >= 0.6 is 0 Å². The molecule has 2 aromatic carbocycles. The van der Waals surface area contributed by atoms with Crippen LogP contribution in [0, 0.1) is 0 Å². The van der Waals surface area contributed by atoms with Crippen molar-refractivity contribution in [2.24, 2.45) is 0 Å². The van der Waals surface area contributed by atoms with Gasteiger partial charge in [0.2, 0.25) is 12.7 Å². The van der Waals surface area contributed by atoms with Gasteiger partial charge in [0, 0.05) is 38.4 Å². The van der Waals surface area contributed by atoms with Gasteiger partial charge in [-0.05, 0) is 29.8 Å². The van der Waals surface area contributed by atoms with Crippen LogP contribution in [0.5, 0.6) is 11.5 Å². The summed E-state index contributed by atoms with van der Waals surface area (Å²) in [6, 6.07) is 16.2. The van der Waals surface area contributed by atoms with Gasteiger partial charge in [-0.25, -0.2) is 0 Å². The van der Waals surface area contributed by atoms with Crippen molar-refractivity contribution in [3.63, 3.8) is 0 Å². The molecule has 0 aromatic heterocycles. The number of benzene rings is 2. The summed E-state index contributed by atoms with van der Waals surface area (Å²) in [6.07, 6.45) is 0. The van der Waals surface area contributed by atoms with Crippen LogP contribution in [-0.2, 0) is 11.3 Å². The number of carbonyl (C=O) groups excluding carboxylic acids is 1. The van der Waals surface area contributed by atoms with Gasteiger partial charge >= 0.3 is 0 Å². The molecule has 2 aliphatic rings. The van der Waals surface area contributed by atoms with Crippen LogP contribution in [-0.4, -0.2) is 50.3 Å². The van der Waals surface area contributed by atoms with Crippen LogP contribution in [0.1, 0.15) is 5.56 Å². The van der Waals surface area contributed by atoms with Crippen LogP contribution < -0.4 is 19.7 Å². The highest BCUT2D eigenvalue weighted by Crippen LogP contribution is 2.32. The number of ether oxygens (including phenoxy) is 2. The molecule has 0 aliphatic carbocycles. The Bertz CT molecular complexity index is 758. The predicted molar refractivity (Wildman–Crippen MR) is 99.5 cm³/mol. The van der Waals surface area contributed by atoms with E-state index in [-0.39, 0.29) is 12.7 Å². The van der Waals surface area contributed by atoms with Gasteiger partial charge in [-0.15, -0.1) is 0 Å². The van der Waals surface area contributed by atoms with Gasteiger partial charge in [-0.2, -0.15) is 0 Å². The van der Waals surface area contributed by atoms with E-state index in [4.69, 9.17) is 9.47 Å². The van der Waals surface area contributed by atoms with Crippen molar-refractivity contribution in [3.05, 3.63) is 54.1 Å². The highest BCUT2D eigenvalue weighted by Gasteiger charge is 2.19. The number of para-hydroxylation sites is 1. The van der Waals surface area contributed by atoms with Crippen LogP contribution in [0.25, 0.3) is 0 Å². The van der Waals surface area contributed by atoms with Crippen molar-refractivity contribution in [1.29, 1.82) is 0 Å². The van der Waals surface area contributed by atoms with Gasteiger partial charge in [0.1, 0.15) is 0 Å². The molecular formula is C20H23N3O3. The van der Waals surface area contributed by atoms with Crippen molar-refractivity contribution in [1.82, 2.24) is 10.2 Å². The summed E-state index contributed by atoms with van der Waals surface area (Å²) in [5, 5.41) is 2.99. The first-order chi connectivity index (χ1) is 12.8. The second-order valence-corrected chi connectivity index (χ2v) is 6.56. The summed E-state index contributed by atoms with van der Waals surface area (Å²) in [4.78, 5) is 16.8. The normalized spacial score (nSPS) is 16.5. The van der Waals surface area contributed by atoms with Gasteiger partial charge in [0.15, 0.2) is 11.5 Å². The molecule has 0 spiro atoms. The van der Waals surface area contributed by atoms with Crippen LogP contribution in [0.2, 0.25) is 0 Å². The van der Waals surface area contributed by atoms with E-state index in [1.807, 2.05) is 24.3 Å². The molecule has 0 radical (unpaired) electrons. The first-order valence-electron chi connectivity index (χ1n) is 8.95. The fraction of sp³-hybridized carbons (Fsp3) is 0.350. The number of hydrogen-bond donors (Lipinski definition) is 1. The second kappa shape index (κ2) is 7.66. The number of nitrogens with zero attached hydrogens (tertiary/aromatic N) is 2. The van der Waals surface area contributed by atoms with E-state index in [9.17, 15) is 4.79 Å². The highest BCUT2D eigenvalue weighted by atomic mass is 16.7. The van der Waals surface area contributed by atoms with E-state index < -0.39 is 0 Å². The van der Waals surface area contributed by atoms with Crippen molar-refractivity contribution in [2.45, 2.75) is 6.54 Å². The number of nitrogens with one attached hydrogen (secondary N) is 1. The highest BCUT2D eigenvalue weighted by molar-refractivity contribution is 5.78. The lowest BCUT2D eigenvalue weighted by atomic mass is 10.2. The minimum Gasteiger partial charge on any atom is -0.454 e. The predicted octanol–water partition coefficient (Wildman–Crippen LogP) is 1.85. The van der Waals surface area contributed by atoms with Crippen molar-refractivity contribution >= 4 is 11.6 Å². The monoisotopic (exact) mass is 353 g/mol. The third-order valence-corrected chi connectivity index (χ3v) is 4.79. The molecule has 0 saturated carbocycles. The summed E-state index contributed by atoms with van der Waals surface area (Å²) in [5.41, 5.74) is 2.26. The summed E-state index contributed by atoms with van der Waals surface area (Å²) >= 11 is 0. The first-order valence-corrected chi connectivity index (χ1v) is 8.95. The second-order valence-electron chi connectivity index (χ2n) is 6.56. The Morgan fingerprint density at radius 1 is 0.962 bits per heavy atom. The summed E-state index contributed by atoms with van der Waals surface area (Å²) in [5.74, 6) is 1.56. The zero-order chi connectivity index (χ0) is 17.8. The van der Waals surface area contributed by atoms with Gasteiger partial charge in [-0.3, -0.25) is 9.69 Å². The van der Waals surface area contributed by atoms with Crippen LogP contribution in [0.3, 0.4) is 0 Å². The molecule has 1 fully saturated rings. The van der Waals surface area contributed by atoms with E-state index >= 15 is 0 Å². The maximum atomic E-state index is 12.2. The first kappa shape index (κ1) is 16.7. The van der Waals surface area contributed by atoms with Gasteiger partial charge in [-0.1, -0.05) is 24.3 Å². The number of rotatable bonds is 5. The number of fused-ring (bicyclic) bond motifs is 1. The number of anilines is 1. The number of piperazine rings is 1. The Balaban J connectivity index is 1.22. The van der Waals surface area contributed by atoms with E-state index in [0.717, 1.165) is 43.2 Å². The molecule has 6 heteroatoms. The maximum absolute atomic E-state index is 12.2. The molecule has 2 aliphatic heterocycles. The summed E-state index contributed by atoms with van der Waals surface area (Å²) in [7, 11) is 0. The molecule has 0 atom stereocenters. The Morgan fingerprint density at radius 3 is 2.54 bits per heavy atom. The summed E-state index contributed by atoms with van der Waals surface area (Å²) in [6.45, 7) is 4.88. The Labute approximate surface area is 153 Å². The smallest absolute Gasteiger partial charge is 0.234 e. The average molecular weight is 353 g/mol. The molecule has 4 rings (SSSR count). The third kappa shape index (κ3) is 3.91. The third-order valence-electron chi connectivity index (χ3n) is 4.79. The lowest BCUT2D eigenvalue weighted by Gasteiger charge is -2.35. The maximum Gasteiger partial charge on any atom is 0.234 e. The van der Waals surface area contributed by atoms with E-state index in [1.165, 1.54) is 5.69 Å². The molecule has 2 aromatic rings. The quantitative estimate of drug-likeness (QED) is 0.889. The molecule has 1 saturated heterocycles. The molecule has 6 nitrogen and oxygen atoms in total. The molecule has 0 unspecified atom stereocenters. The van der Waals surface area contributed by atoms with Crippen molar-refractivity contribution in [2.75, 3.05) is 44.4 Å². The Kier molecular flexibility index (Phi) is 4.93. The van der Waals surface area contributed by atoms with Gasteiger partial charge < -0.3 is 19.7 Å². The zero-order valence-electron chi connectivity index (χ0n) is 14.7. The van der Waals surface area contributed by atoms with E-state index in [2.05, 4.69) is 39.4 Å². The van der Waals surface area contributed by atoms with Crippen molar-refractivity contribution < 1.29 is 14.3 Å². The van der Waals surface area contributed by atoms with Crippen LogP contribution in [0.4, 0.5) is 5.69 Å². The van der Waals surface area contributed by atoms with E-state index in [1.54, 1.807) is 0 Å². The minimum atomic E-state index is 0.0517. The lowest BCUT2D eigenvalue weighted by Crippen LogP contribution is -2.49. The number of amides is 1. The average Bonchev–Trinajstić information content (AvgIpc) is 3.15. The number of carbonyl (C=O) groups is 1. The molecule has 1 amide bonds. The van der Waals surface area contributed by atoms with Crippen LogP contribution in [0.15, 0.2) is 48.5 Å². The molecule has 1 N–H and O–H groups in total. The molecule has 2 heterocycles. The Hall–Kier alpha value is -2.73. The Morgan fingerprint density at radius 2 is 1.73 bits per heavy atom. The zero-order valence-corrected chi connectivity index (χ0v) is 14.7. The number of hydrogen-bond acceptors (Lipinski definition) is 5. The standard InChI is InChI=1S/C20H23N3O3/c24-20(21-13-16-6-7-18-19(12-16)26-15-25-18)14-22-8-10-23(11-9-22)17-4-2-1-3-5-17/h1-7,12H,8-11,13-15H2,(H,21,24). The largest absolute Gasteiger partial charge is 0.454 e. The van der Waals surface area contributed by atoms with Gasteiger partial charge in [0.25, 0.3) is 0 Å². The van der Waals surface area contributed by atoms with E-state index in [0.29, 0.717) is 13.1 Å². The summed E-state index contributed by atoms with van der Waals surface area (Å²) < 4.78 is 10.7. The fourth-order valence-electron chi connectivity index (χ4n) is 3.31. The molecule has 26 heavy (non-hydrogen) atoms. The minimum absolute atomic E-state index is 0.0517.